The lowest BCUT2D eigenvalue weighted by molar-refractivity contribution is -0.138. The summed E-state index contributed by atoms with van der Waals surface area (Å²) >= 11 is 1.85. The van der Waals surface area contributed by atoms with E-state index in [0.29, 0.717) is 13.1 Å². The molecule has 1 atom stereocenters. The van der Waals surface area contributed by atoms with E-state index < -0.39 is 12.0 Å². The van der Waals surface area contributed by atoms with Crippen molar-refractivity contribution in [3.8, 4) is 0 Å². The van der Waals surface area contributed by atoms with Gasteiger partial charge in [-0.25, -0.2) is 4.79 Å². The third-order valence-electron chi connectivity index (χ3n) is 2.84. The fourth-order valence-corrected chi connectivity index (χ4v) is 2.66. The van der Waals surface area contributed by atoms with Gasteiger partial charge in [0.05, 0.1) is 0 Å². The number of thioether (sulfide) groups is 1. The second-order valence-corrected chi connectivity index (χ2v) is 6.66. The highest BCUT2D eigenvalue weighted by atomic mass is 32.2. The Bertz CT molecular complexity index is 307. The number of hydrogen-bond acceptors (Lipinski definition) is 3. The first-order chi connectivity index (χ1) is 7.82. The van der Waals surface area contributed by atoms with Crippen molar-refractivity contribution in [1.82, 2.24) is 10.2 Å². The Kier molecular flexibility index (Phi) is 4.68. The number of rotatable bonds is 2. The normalized spacial score (nSPS) is 21.5. The Morgan fingerprint density at radius 2 is 2.06 bits per heavy atom. The van der Waals surface area contributed by atoms with Gasteiger partial charge in [0.2, 0.25) is 0 Å². The molecule has 5 nitrogen and oxygen atoms in total. The Hall–Kier alpha value is -0.910. The van der Waals surface area contributed by atoms with Gasteiger partial charge >= 0.3 is 12.0 Å². The molecular weight excluding hydrogens is 240 g/mol. The van der Waals surface area contributed by atoms with Gasteiger partial charge in [-0.2, -0.15) is 11.8 Å². The summed E-state index contributed by atoms with van der Waals surface area (Å²) in [5.74, 6) is -0.120. The molecule has 2 N–H and O–H groups in total. The number of nitrogens with one attached hydrogen (secondary N) is 1. The molecule has 0 bridgehead atoms. The summed E-state index contributed by atoms with van der Waals surface area (Å²) in [4.78, 5) is 24.2. The number of carboxylic acid groups (broad SMARTS) is 1. The van der Waals surface area contributed by atoms with Gasteiger partial charge in [0.15, 0.2) is 0 Å². The summed E-state index contributed by atoms with van der Waals surface area (Å²) in [5.41, 5.74) is 0. The van der Waals surface area contributed by atoms with Crippen LogP contribution in [0.1, 0.15) is 27.2 Å². The van der Waals surface area contributed by atoms with Gasteiger partial charge in [0.1, 0.15) is 6.04 Å². The molecule has 98 valence electrons. The largest absolute Gasteiger partial charge is 0.480 e. The van der Waals surface area contributed by atoms with E-state index in [1.165, 1.54) is 6.92 Å². The van der Waals surface area contributed by atoms with Crippen molar-refractivity contribution in [3.63, 3.8) is 0 Å². The van der Waals surface area contributed by atoms with E-state index in [1.54, 1.807) is 4.90 Å². The van der Waals surface area contributed by atoms with Crippen LogP contribution in [0, 0.1) is 0 Å². The zero-order chi connectivity index (χ0) is 13.1. The molecule has 0 aromatic heterocycles. The molecule has 6 heteroatoms. The fourth-order valence-electron chi connectivity index (χ4n) is 1.56. The van der Waals surface area contributed by atoms with Gasteiger partial charge in [-0.1, -0.05) is 13.8 Å². The third kappa shape index (κ3) is 4.46. The maximum Gasteiger partial charge on any atom is 0.325 e. The first-order valence-electron chi connectivity index (χ1n) is 5.74. The SMILES string of the molecule is CC(NC(=O)N1CCSC(C)(C)CC1)C(=O)O. The molecule has 17 heavy (non-hydrogen) atoms. The molecule has 1 unspecified atom stereocenters. The average molecular weight is 260 g/mol. The van der Waals surface area contributed by atoms with Crippen LogP contribution in [0.4, 0.5) is 4.79 Å². The Balaban J connectivity index is 2.50. The van der Waals surface area contributed by atoms with Crippen molar-refractivity contribution >= 4 is 23.8 Å². The molecule has 1 heterocycles. The lowest BCUT2D eigenvalue weighted by Gasteiger charge is -2.23. The van der Waals surface area contributed by atoms with Crippen molar-refractivity contribution in [2.45, 2.75) is 38.0 Å². The van der Waals surface area contributed by atoms with E-state index >= 15 is 0 Å². The monoisotopic (exact) mass is 260 g/mol. The van der Waals surface area contributed by atoms with Crippen LogP contribution in [-0.4, -0.2) is 51.6 Å². The molecule has 1 saturated heterocycles. The first-order valence-corrected chi connectivity index (χ1v) is 6.72. The molecule has 0 aromatic rings. The molecule has 1 rings (SSSR count). The van der Waals surface area contributed by atoms with Gasteiger partial charge in [-0.3, -0.25) is 4.79 Å². The summed E-state index contributed by atoms with van der Waals surface area (Å²) in [6.45, 7) is 7.15. The summed E-state index contributed by atoms with van der Waals surface area (Å²) in [6.07, 6.45) is 0.923. The Morgan fingerprint density at radius 3 is 2.65 bits per heavy atom. The summed E-state index contributed by atoms with van der Waals surface area (Å²) < 4.78 is 0.188. The van der Waals surface area contributed by atoms with Crippen molar-refractivity contribution in [2.75, 3.05) is 18.8 Å². The molecule has 2 amide bonds. The van der Waals surface area contributed by atoms with E-state index in [-0.39, 0.29) is 10.8 Å². The minimum Gasteiger partial charge on any atom is -0.480 e. The molecule has 0 spiro atoms. The van der Waals surface area contributed by atoms with Crippen LogP contribution < -0.4 is 5.32 Å². The van der Waals surface area contributed by atoms with Crippen LogP contribution in [0.5, 0.6) is 0 Å². The molecule has 1 fully saturated rings. The molecule has 1 aliphatic rings. The van der Waals surface area contributed by atoms with Gasteiger partial charge in [0, 0.05) is 23.6 Å². The second kappa shape index (κ2) is 5.62. The van der Waals surface area contributed by atoms with Gasteiger partial charge < -0.3 is 15.3 Å². The molecular formula is C11H20N2O3S. The molecule has 0 aromatic carbocycles. The average Bonchev–Trinajstić information content (AvgIpc) is 2.39. The highest BCUT2D eigenvalue weighted by Crippen LogP contribution is 2.30. The number of carboxylic acids is 1. The predicted octanol–water partition coefficient (Wildman–Crippen LogP) is 1.39. The van der Waals surface area contributed by atoms with Crippen molar-refractivity contribution in [3.05, 3.63) is 0 Å². The summed E-state index contributed by atoms with van der Waals surface area (Å²) in [7, 11) is 0. The maximum absolute atomic E-state index is 11.8. The van der Waals surface area contributed by atoms with Gasteiger partial charge in [0.25, 0.3) is 0 Å². The van der Waals surface area contributed by atoms with E-state index in [4.69, 9.17) is 5.11 Å². The molecule has 0 radical (unpaired) electrons. The first kappa shape index (κ1) is 14.2. The van der Waals surface area contributed by atoms with E-state index in [1.807, 2.05) is 11.8 Å². The lowest BCUT2D eigenvalue weighted by atomic mass is 10.1. The topological polar surface area (TPSA) is 69.6 Å². The zero-order valence-electron chi connectivity index (χ0n) is 10.5. The van der Waals surface area contributed by atoms with Crippen LogP contribution in [0.15, 0.2) is 0 Å². The number of carbonyl (C=O) groups excluding carboxylic acids is 1. The van der Waals surface area contributed by atoms with Crippen molar-refractivity contribution in [1.29, 1.82) is 0 Å². The van der Waals surface area contributed by atoms with Crippen LogP contribution in [0.2, 0.25) is 0 Å². The predicted molar refractivity (Wildman–Crippen MR) is 68.4 cm³/mol. The van der Waals surface area contributed by atoms with Crippen molar-refractivity contribution < 1.29 is 14.7 Å². The van der Waals surface area contributed by atoms with E-state index in [9.17, 15) is 9.59 Å². The van der Waals surface area contributed by atoms with Crippen LogP contribution in [0.3, 0.4) is 0 Å². The third-order valence-corrected chi connectivity index (χ3v) is 4.21. The molecule has 0 aliphatic carbocycles. The standard InChI is InChI=1S/C11H20N2O3S/c1-8(9(14)15)12-10(16)13-5-4-11(2,3)17-7-6-13/h8H,4-7H2,1-3H3,(H,12,16)(H,14,15). The Morgan fingerprint density at radius 1 is 1.41 bits per heavy atom. The summed E-state index contributed by atoms with van der Waals surface area (Å²) in [6, 6.07) is -1.12. The second-order valence-electron chi connectivity index (χ2n) is 4.85. The van der Waals surface area contributed by atoms with E-state index in [0.717, 1.165) is 12.2 Å². The van der Waals surface area contributed by atoms with Gasteiger partial charge in [-0.05, 0) is 13.3 Å². The summed E-state index contributed by atoms with van der Waals surface area (Å²) in [5, 5.41) is 11.2. The van der Waals surface area contributed by atoms with Gasteiger partial charge in [-0.15, -0.1) is 0 Å². The zero-order valence-corrected chi connectivity index (χ0v) is 11.3. The van der Waals surface area contributed by atoms with Crippen molar-refractivity contribution in [2.24, 2.45) is 0 Å². The number of aliphatic carboxylic acids is 1. The van der Waals surface area contributed by atoms with E-state index in [2.05, 4.69) is 19.2 Å². The highest BCUT2D eigenvalue weighted by molar-refractivity contribution is 8.00. The molecule has 0 saturated carbocycles. The number of carbonyl (C=O) groups is 2. The van der Waals surface area contributed by atoms with Crippen LogP contribution >= 0.6 is 11.8 Å². The smallest absolute Gasteiger partial charge is 0.325 e. The number of hydrogen-bond donors (Lipinski definition) is 2. The number of amides is 2. The number of nitrogens with zero attached hydrogens (tertiary/aromatic N) is 1. The number of urea groups is 1. The fraction of sp³-hybridized carbons (Fsp3) is 0.818. The Labute approximate surface area is 106 Å². The van der Waals surface area contributed by atoms with Crippen LogP contribution in [-0.2, 0) is 4.79 Å². The quantitative estimate of drug-likeness (QED) is 0.787. The maximum atomic E-state index is 11.8. The minimum atomic E-state index is -1.01. The highest BCUT2D eigenvalue weighted by Gasteiger charge is 2.27. The molecule has 1 aliphatic heterocycles. The minimum absolute atomic E-state index is 0.188. The lowest BCUT2D eigenvalue weighted by Crippen LogP contribution is -2.47. The van der Waals surface area contributed by atoms with Crippen LogP contribution in [0.25, 0.3) is 0 Å².